The van der Waals surface area contributed by atoms with Crippen molar-refractivity contribution in [1.29, 1.82) is 5.41 Å². The standard InChI is InChI=1S/C23H32N8O2S.CH4O/c1-15(2)31(28-25)22(24)19-7-6-8-21(26-19)27-23(32)18-11-16-13-30(34-29-9-4-5-10-29)14-17(16)12-20(18)33-3;1-2/h6-8,11-12,15,24,28H,4-5,9-10,13-14,25H2,1-3H3,(H,26,27,32);2H,1H3. The summed E-state index contributed by atoms with van der Waals surface area (Å²) in [5, 5.41) is 19.7. The predicted molar refractivity (Wildman–Crippen MR) is 142 cm³/mol. The number of hydrazine groups is 2. The highest BCUT2D eigenvalue weighted by molar-refractivity contribution is 7.94. The zero-order valence-electron chi connectivity index (χ0n) is 21.2. The number of aliphatic hydroxyl groups is 1. The monoisotopic (exact) mass is 516 g/mol. The Balaban J connectivity index is 0.00000176. The van der Waals surface area contributed by atoms with Crippen LogP contribution in [0.1, 0.15) is 53.9 Å². The molecular weight excluding hydrogens is 480 g/mol. The zero-order valence-corrected chi connectivity index (χ0v) is 22.1. The first-order valence-corrected chi connectivity index (χ1v) is 12.6. The zero-order chi connectivity index (χ0) is 26.2. The molecule has 4 rings (SSSR count). The van der Waals surface area contributed by atoms with Crippen LogP contribution in [0.2, 0.25) is 0 Å². The van der Waals surface area contributed by atoms with E-state index in [1.165, 1.54) is 23.4 Å². The van der Waals surface area contributed by atoms with Gasteiger partial charge in [-0.2, -0.15) is 5.53 Å². The molecule has 6 N–H and O–H groups in total. The van der Waals surface area contributed by atoms with E-state index >= 15 is 0 Å². The first-order chi connectivity index (χ1) is 17.4. The summed E-state index contributed by atoms with van der Waals surface area (Å²) in [5.74, 6) is 6.24. The molecule has 0 radical (unpaired) electrons. The van der Waals surface area contributed by atoms with Crippen LogP contribution in [0, 0.1) is 5.41 Å². The predicted octanol–water partition coefficient (Wildman–Crippen LogP) is 2.34. The molecule has 0 aliphatic carbocycles. The van der Waals surface area contributed by atoms with Crippen LogP contribution in [0.4, 0.5) is 5.82 Å². The molecule has 1 amide bonds. The molecule has 0 unspecified atom stereocenters. The fraction of sp³-hybridized carbons (Fsp3) is 0.458. The average Bonchev–Trinajstić information content (AvgIpc) is 3.53. The van der Waals surface area contributed by atoms with Gasteiger partial charge in [-0.25, -0.2) is 13.6 Å². The number of carbonyl (C=O) groups excluding carboxylic acids is 1. The second-order valence-corrected chi connectivity index (χ2v) is 9.84. The van der Waals surface area contributed by atoms with Crippen molar-refractivity contribution >= 4 is 29.7 Å². The van der Waals surface area contributed by atoms with Gasteiger partial charge < -0.3 is 15.2 Å². The smallest absolute Gasteiger partial charge is 0.260 e. The molecule has 196 valence electrons. The second kappa shape index (κ2) is 13.0. The lowest BCUT2D eigenvalue weighted by molar-refractivity contribution is 0.102. The van der Waals surface area contributed by atoms with Crippen molar-refractivity contribution < 1.29 is 14.6 Å². The normalized spacial score (nSPS) is 15.3. The van der Waals surface area contributed by atoms with Gasteiger partial charge >= 0.3 is 0 Å². The summed E-state index contributed by atoms with van der Waals surface area (Å²) >= 11 is 1.79. The highest BCUT2D eigenvalue weighted by Crippen LogP contribution is 2.35. The number of aliphatic hydroxyl groups excluding tert-OH is 1. The number of ether oxygens (including phenoxy) is 1. The van der Waals surface area contributed by atoms with Crippen LogP contribution in [-0.2, 0) is 13.1 Å². The quantitative estimate of drug-likeness (QED) is 0.117. The Bertz CT molecular complexity index is 1060. The van der Waals surface area contributed by atoms with Crippen molar-refractivity contribution in [1.82, 2.24) is 24.1 Å². The molecule has 3 heterocycles. The van der Waals surface area contributed by atoms with E-state index < -0.39 is 0 Å². The van der Waals surface area contributed by atoms with Crippen LogP contribution in [0.25, 0.3) is 0 Å². The van der Waals surface area contributed by atoms with Crippen LogP contribution >= 0.6 is 12.1 Å². The summed E-state index contributed by atoms with van der Waals surface area (Å²) < 4.78 is 10.3. The van der Waals surface area contributed by atoms with Gasteiger partial charge in [0.2, 0.25) is 0 Å². The number of nitrogens with two attached hydrogens (primary N) is 1. The van der Waals surface area contributed by atoms with Gasteiger partial charge in [0, 0.05) is 51.5 Å². The molecule has 12 heteroatoms. The fourth-order valence-corrected chi connectivity index (χ4v) is 5.29. The number of pyridine rings is 1. The number of benzene rings is 1. The number of rotatable bonds is 8. The van der Waals surface area contributed by atoms with E-state index in [9.17, 15) is 4.79 Å². The molecule has 2 aromatic rings. The highest BCUT2D eigenvalue weighted by Gasteiger charge is 2.27. The summed E-state index contributed by atoms with van der Waals surface area (Å²) in [6, 6.07) is 8.97. The molecule has 2 aliphatic heterocycles. The van der Waals surface area contributed by atoms with Crippen LogP contribution in [0.5, 0.6) is 5.75 Å². The third kappa shape index (κ3) is 6.52. The van der Waals surface area contributed by atoms with Gasteiger partial charge in [0.15, 0.2) is 5.84 Å². The van der Waals surface area contributed by atoms with Crippen LogP contribution < -0.4 is 21.4 Å². The van der Waals surface area contributed by atoms with E-state index in [1.54, 1.807) is 37.4 Å². The number of nitrogens with zero attached hydrogens (tertiary/aromatic N) is 4. The molecule has 1 aromatic carbocycles. The number of amides is 1. The Hall–Kier alpha value is -2.74. The summed E-state index contributed by atoms with van der Waals surface area (Å²) in [7, 11) is 2.57. The minimum Gasteiger partial charge on any atom is -0.496 e. The molecule has 2 aliphatic rings. The fourth-order valence-electron chi connectivity index (χ4n) is 4.15. The van der Waals surface area contributed by atoms with Crippen molar-refractivity contribution in [2.24, 2.45) is 5.84 Å². The van der Waals surface area contributed by atoms with Crippen LogP contribution in [0.15, 0.2) is 30.3 Å². The molecule has 0 saturated carbocycles. The number of carbonyl (C=O) groups is 1. The molecular formula is C24H36N8O3S. The number of hydrogen-bond acceptors (Lipinski definition) is 10. The number of fused-ring (bicyclic) bond motifs is 1. The second-order valence-electron chi connectivity index (χ2n) is 8.64. The van der Waals surface area contributed by atoms with Crippen molar-refractivity contribution in [3.63, 3.8) is 0 Å². The maximum atomic E-state index is 13.2. The largest absolute Gasteiger partial charge is 0.496 e. The SMILES string of the molecule is CO.COc1cc2c(cc1C(=O)Nc1cccc(C(=N)N(NN)C(C)C)n1)CN(SN1CCCC1)C2. The van der Waals surface area contributed by atoms with Gasteiger partial charge in [-0.05, 0) is 62.1 Å². The topological polar surface area (TPSA) is 143 Å². The lowest BCUT2D eigenvalue weighted by Crippen LogP contribution is -2.51. The minimum absolute atomic E-state index is 0.0450. The van der Waals surface area contributed by atoms with Gasteiger partial charge in [0.05, 0.1) is 12.7 Å². The summed E-state index contributed by atoms with van der Waals surface area (Å²) in [6.45, 7) is 7.66. The van der Waals surface area contributed by atoms with Crippen LogP contribution in [-0.4, -0.2) is 68.8 Å². The van der Waals surface area contributed by atoms with E-state index in [0.29, 0.717) is 22.8 Å². The van der Waals surface area contributed by atoms with Gasteiger partial charge in [0.25, 0.3) is 5.91 Å². The van der Waals surface area contributed by atoms with E-state index in [2.05, 4.69) is 24.4 Å². The summed E-state index contributed by atoms with van der Waals surface area (Å²) in [4.78, 5) is 17.6. The maximum absolute atomic E-state index is 13.2. The number of amidine groups is 1. The third-order valence-electron chi connectivity index (χ3n) is 5.89. The Labute approximate surface area is 216 Å². The lowest BCUT2D eigenvalue weighted by Gasteiger charge is -2.26. The molecule has 0 atom stereocenters. The molecule has 11 nitrogen and oxygen atoms in total. The summed E-state index contributed by atoms with van der Waals surface area (Å²) in [6.07, 6.45) is 2.50. The van der Waals surface area contributed by atoms with Crippen molar-refractivity contribution in [3.8, 4) is 5.75 Å². The van der Waals surface area contributed by atoms with E-state index in [1.807, 2.05) is 26.0 Å². The number of methoxy groups -OCH3 is 1. The van der Waals surface area contributed by atoms with Crippen molar-refractivity contribution in [2.75, 3.05) is 32.6 Å². The molecule has 36 heavy (non-hydrogen) atoms. The van der Waals surface area contributed by atoms with Crippen molar-refractivity contribution in [2.45, 2.75) is 45.8 Å². The van der Waals surface area contributed by atoms with E-state index in [-0.39, 0.29) is 17.8 Å². The molecule has 1 saturated heterocycles. The van der Waals surface area contributed by atoms with Gasteiger partial charge in [0.1, 0.15) is 17.3 Å². The number of anilines is 1. The number of aromatic nitrogens is 1. The third-order valence-corrected chi connectivity index (χ3v) is 6.97. The molecule has 0 bridgehead atoms. The van der Waals surface area contributed by atoms with E-state index in [0.717, 1.165) is 38.9 Å². The highest BCUT2D eigenvalue weighted by atomic mass is 32.2. The first-order valence-electron chi connectivity index (χ1n) is 11.8. The van der Waals surface area contributed by atoms with Gasteiger partial charge in [-0.3, -0.25) is 21.1 Å². The lowest BCUT2D eigenvalue weighted by atomic mass is 10.0. The Morgan fingerprint density at radius 3 is 2.47 bits per heavy atom. The minimum atomic E-state index is -0.306. The van der Waals surface area contributed by atoms with Crippen molar-refractivity contribution in [3.05, 3.63) is 52.7 Å². The molecule has 1 aromatic heterocycles. The maximum Gasteiger partial charge on any atom is 0.260 e. The first kappa shape index (κ1) is 27.8. The Morgan fingerprint density at radius 1 is 1.19 bits per heavy atom. The molecule has 1 fully saturated rings. The summed E-state index contributed by atoms with van der Waals surface area (Å²) in [5.41, 5.74) is 5.66. The van der Waals surface area contributed by atoms with Gasteiger partial charge in [-0.15, -0.1) is 0 Å². The molecule has 0 spiro atoms. The average molecular weight is 517 g/mol. The Kier molecular flexibility index (Phi) is 10.0. The van der Waals surface area contributed by atoms with Crippen LogP contribution in [0.3, 0.4) is 0 Å². The Morgan fingerprint density at radius 2 is 1.86 bits per heavy atom. The number of nitrogens with one attached hydrogen (secondary N) is 3. The number of hydrogen-bond donors (Lipinski definition) is 5. The van der Waals surface area contributed by atoms with E-state index in [4.69, 9.17) is 21.1 Å². The van der Waals surface area contributed by atoms with Gasteiger partial charge in [-0.1, -0.05) is 6.07 Å².